The summed E-state index contributed by atoms with van der Waals surface area (Å²) in [6.45, 7) is -0.125. The van der Waals surface area contributed by atoms with Gasteiger partial charge in [0.2, 0.25) is 11.7 Å². The number of H-pyrrole nitrogens is 1. The fourth-order valence-electron chi connectivity index (χ4n) is 2.73. The Morgan fingerprint density at radius 3 is 2.83 bits per heavy atom. The molecule has 0 amide bonds. The van der Waals surface area contributed by atoms with Gasteiger partial charge >= 0.3 is 5.65 Å². The summed E-state index contributed by atoms with van der Waals surface area (Å²) in [6.07, 6.45) is -3.00. The van der Waals surface area contributed by atoms with E-state index in [1.54, 1.807) is 4.57 Å². The maximum Gasteiger partial charge on any atom is 0.313 e. The van der Waals surface area contributed by atoms with E-state index in [1.807, 2.05) is 0 Å². The normalized spacial score (nSPS) is 27.8. The zero-order valence-corrected chi connectivity index (χ0v) is 12.7. The minimum Gasteiger partial charge on any atom is -0.394 e. The first-order valence-corrected chi connectivity index (χ1v) is 7.49. The number of nitrogens with two attached hydrogens (primary N) is 1. The Morgan fingerprint density at radius 1 is 1.48 bits per heavy atom. The van der Waals surface area contributed by atoms with Gasteiger partial charge in [0.1, 0.15) is 18.3 Å². The van der Waals surface area contributed by atoms with E-state index in [0.717, 1.165) is 0 Å². The lowest BCUT2D eigenvalue weighted by Gasteiger charge is -2.12. The molecule has 0 spiro atoms. The summed E-state index contributed by atoms with van der Waals surface area (Å²) < 4.78 is 8.43. The number of fused-ring (bicyclic) bond motifs is 1. The summed E-state index contributed by atoms with van der Waals surface area (Å²) >= 11 is 5.75. The van der Waals surface area contributed by atoms with E-state index in [4.69, 9.17) is 22.1 Å². The monoisotopic (exact) mass is 346 g/mol. The van der Waals surface area contributed by atoms with Gasteiger partial charge in [-0.2, -0.15) is 0 Å². The molecule has 1 aliphatic rings. The third kappa shape index (κ3) is 2.58. The predicted molar refractivity (Wildman–Crippen MR) is 78.7 cm³/mol. The van der Waals surface area contributed by atoms with Crippen LogP contribution < -0.4 is 15.9 Å². The van der Waals surface area contributed by atoms with Gasteiger partial charge in [0.15, 0.2) is 6.33 Å². The molecule has 1 saturated heterocycles. The van der Waals surface area contributed by atoms with Crippen molar-refractivity contribution in [2.24, 2.45) is 0 Å². The smallest absolute Gasteiger partial charge is 0.313 e. The Kier molecular flexibility index (Phi) is 4.25. The molecule has 3 heterocycles. The first kappa shape index (κ1) is 16.1. The highest BCUT2D eigenvalue weighted by molar-refractivity contribution is 6.17. The number of aryl methyl sites for hydroxylation is 1. The highest BCUT2D eigenvalue weighted by Gasteiger charge is 2.46. The maximum absolute atomic E-state index is 12.1. The molecule has 2 aromatic heterocycles. The van der Waals surface area contributed by atoms with Crippen LogP contribution in [0.5, 0.6) is 0 Å². The van der Waals surface area contributed by atoms with Crippen molar-refractivity contribution >= 4 is 28.7 Å². The molecule has 23 heavy (non-hydrogen) atoms. The van der Waals surface area contributed by atoms with E-state index in [2.05, 4.69) is 9.97 Å². The number of hydrogen-bond acceptors (Lipinski definition) is 7. The van der Waals surface area contributed by atoms with Gasteiger partial charge in [-0.1, -0.05) is 4.98 Å². The molecule has 1 fully saturated rings. The van der Waals surface area contributed by atoms with Crippen molar-refractivity contribution in [2.75, 3.05) is 18.2 Å². The second-order valence-corrected chi connectivity index (χ2v) is 5.64. The third-order valence-corrected chi connectivity index (χ3v) is 3.98. The number of rotatable bonds is 4. The highest BCUT2D eigenvalue weighted by atomic mass is 35.5. The molecule has 126 valence electrons. The van der Waals surface area contributed by atoms with E-state index < -0.39 is 36.7 Å². The summed E-state index contributed by atoms with van der Waals surface area (Å²) in [4.78, 5) is 18.6. The van der Waals surface area contributed by atoms with Crippen LogP contribution in [0.15, 0.2) is 11.1 Å². The van der Waals surface area contributed by atoms with E-state index in [1.165, 1.54) is 10.9 Å². The number of nitrogens with zero attached hydrogens (tertiary/aromatic N) is 3. The molecule has 1 aliphatic heterocycles. The molecule has 6 N–H and O–H groups in total. The molecule has 0 aromatic carbocycles. The lowest BCUT2D eigenvalue weighted by Crippen LogP contribution is -2.46. The van der Waals surface area contributed by atoms with Crippen molar-refractivity contribution in [3.05, 3.63) is 16.7 Å². The fraction of sp³-hybridized carbons (Fsp3) is 0.583. The second-order valence-electron chi connectivity index (χ2n) is 5.26. The van der Waals surface area contributed by atoms with Crippen molar-refractivity contribution in [3.63, 3.8) is 0 Å². The SMILES string of the molecule is Nc1nc2c(c(=O)[nH]1)n(CCCl)c[n+]2[C@@H]1O[C@H](CO)[C@@H](O)[C@H]1O. The number of nitrogen functional groups attached to an aromatic ring is 1. The predicted octanol–water partition coefficient (Wildman–Crippen LogP) is -2.56. The highest BCUT2D eigenvalue weighted by Crippen LogP contribution is 2.26. The number of imidazole rings is 1. The largest absolute Gasteiger partial charge is 0.394 e. The van der Waals surface area contributed by atoms with Crippen LogP contribution in [0.1, 0.15) is 6.23 Å². The standard InChI is InChI=1S/C12H16ClN5O5/c13-1-2-17-4-18(9-6(17)10(22)16-12(14)15-9)11-8(21)7(20)5(3-19)23-11/h4-5,7-8,11,19-21H,1-3H2,(H2-,14,15,16,22)/p+1/t5-,7-,8-,11-/m1/s1. The van der Waals surface area contributed by atoms with Crippen LogP contribution in [0.2, 0.25) is 0 Å². The quantitative estimate of drug-likeness (QED) is 0.302. The Hall–Kier alpha value is -1.72. The van der Waals surface area contributed by atoms with Crippen LogP contribution in [-0.2, 0) is 11.3 Å². The number of nitrogens with one attached hydrogen (secondary N) is 1. The van der Waals surface area contributed by atoms with E-state index in [9.17, 15) is 20.1 Å². The van der Waals surface area contributed by atoms with Crippen LogP contribution in [-0.4, -0.2) is 60.7 Å². The number of hydrogen-bond donors (Lipinski definition) is 5. The van der Waals surface area contributed by atoms with Crippen molar-refractivity contribution < 1.29 is 24.6 Å². The van der Waals surface area contributed by atoms with Crippen LogP contribution in [0.3, 0.4) is 0 Å². The number of aromatic amines is 1. The van der Waals surface area contributed by atoms with Gasteiger partial charge in [0.25, 0.3) is 11.5 Å². The minimum atomic E-state index is -1.30. The number of aromatic nitrogens is 4. The van der Waals surface area contributed by atoms with Crippen molar-refractivity contribution in [3.8, 4) is 0 Å². The van der Waals surface area contributed by atoms with Gasteiger partial charge in [0, 0.05) is 0 Å². The Labute approximate surface area is 134 Å². The number of aliphatic hydroxyl groups is 3. The zero-order valence-electron chi connectivity index (χ0n) is 12.0. The lowest BCUT2D eigenvalue weighted by atomic mass is 10.1. The molecule has 11 heteroatoms. The van der Waals surface area contributed by atoms with Crippen molar-refractivity contribution in [2.45, 2.75) is 31.1 Å². The average Bonchev–Trinajstić information content (AvgIpc) is 2.99. The van der Waals surface area contributed by atoms with E-state index >= 15 is 0 Å². The maximum atomic E-state index is 12.1. The molecule has 0 unspecified atom stereocenters. The minimum absolute atomic E-state index is 0.0911. The van der Waals surface area contributed by atoms with Crippen molar-refractivity contribution in [1.82, 2.24) is 14.5 Å². The number of ether oxygens (including phenoxy) is 1. The molecule has 3 rings (SSSR count). The third-order valence-electron chi connectivity index (χ3n) is 3.81. The molecule has 0 bridgehead atoms. The van der Waals surface area contributed by atoms with Crippen LogP contribution in [0, 0.1) is 0 Å². The molecule has 0 aliphatic carbocycles. The molecule has 0 radical (unpaired) electrons. The number of halogens is 1. The average molecular weight is 347 g/mol. The molecular weight excluding hydrogens is 330 g/mol. The summed E-state index contributed by atoms with van der Waals surface area (Å²) in [7, 11) is 0. The van der Waals surface area contributed by atoms with Gasteiger partial charge in [-0.15, -0.1) is 11.6 Å². The number of anilines is 1. The van der Waals surface area contributed by atoms with Crippen LogP contribution in [0.4, 0.5) is 5.95 Å². The Balaban J connectivity index is 2.16. The van der Waals surface area contributed by atoms with Gasteiger partial charge in [-0.25, -0.2) is 4.57 Å². The zero-order chi connectivity index (χ0) is 16.7. The second kappa shape index (κ2) is 6.06. The summed E-state index contributed by atoms with van der Waals surface area (Å²) in [5, 5.41) is 29.2. The summed E-state index contributed by atoms with van der Waals surface area (Å²) in [6, 6.07) is 0. The van der Waals surface area contributed by atoms with Crippen LogP contribution >= 0.6 is 11.6 Å². The molecule has 4 atom stereocenters. The fourth-order valence-corrected chi connectivity index (χ4v) is 2.91. The molecule has 2 aromatic rings. The van der Waals surface area contributed by atoms with Gasteiger partial charge in [-0.05, 0) is 0 Å². The summed E-state index contributed by atoms with van der Waals surface area (Å²) in [5.74, 6) is 0.162. The molecule has 10 nitrogen and oxygen atoms in total. The number of alkyl halides is 1. The summed E-state index contributed by atoms with van der Waals surface area (Å²) in [5.41, 5.74) is 5.53. The first-order valence-electron chi connectivity index (χ1n) is 6.96. The Bertz CT molecular complexity index is 777. The van der Waals surface area contributed by atoms with Crippen LogP contribution in [0.25, 0.3) is 11.2 Å². The van der Waals surface area contributed by atoms with E-state index in [-0.39, 0.29) is 23.0 Å². The Morgan fingerprint density at radius 2 is 2.22 bits per heavy atom. The lowest BCUT2D eigenvalue weighted by molar-refractivity contribution is -0.746. The molecule has 0 saturated carbocycles. The van der Waals surface area contributed by atoms with Gasteiger partial charge in [0.05, 0.1) is 19.0 Å². The topological polar surface area (TPSA) is 150 Å². The molecular formula is C12H17ClN5O5+. The first-order chi connectivity index (χ1) is 11.0. The number of aliphatic hydroxyl groups excluding tert-OH is 3. The van der Waals surface area contributed by atoms with E-state index in [0.29, 0.717) is 6.54 Å². The van der Waals surface area contributed by atoms with Crippen molar-refractivity contribution in [1.29, 1.82) is 0 Å². The van der Waals surface area contributed by atoms with Gasteiger partial charge in [-0.3, -0.25) is 14.3 Å². The van der Waals surface area contributed by atoms with Gasteiger partial charge < -0.3 is 25.8 Å².